The first kappa shape index (κ1) is 12.8. The van der Waals surface area contributed by atoms with Crippen LogP contribution < -0.4 is 5.43 Å². The number of hydrazine groups is 1. The van der Waals surface area contributed by atoms with E-state index in [0.717, 1.165) is 29.7 Å². The van der Waals surface area contributed by atoms with Gasteiger partial charge in [-0.2, -0.15) is 5.10 Å². The zero-order valence-electron chi connectivity index (χ0n) is 9.98. The number of amides is 1. The number of hydrogen-bond acceptors (Lipinski definition) is 4. The summed E-state index contributed by atoms with van der Waals surface area (Å²) < 4.78 is 2.48. The molecule has 1 fully saturated rings. The summed E-state index contributed by atoms with van der Waals surface area (Å²) in [7, 11) is 3.87. The fourth-order valence-electron chi connectivity index (χ4n) is 1.78. The molecule has 6 nitrogen and oxygen atoms in total. The van der Waals surface area contributed by atoms with Gasteiger partial charge in [0.15, 0.2) is 0 Å². The van der Waals surface area contributed by atoms with Crippen LogP contribution in [0.3, 0.4) is 0 Å². The van der Waals surface area contributed by atoms with Crippen molar-refractivity contribution in [2.75, 3.05) is 33.2 Å². The Balaban J connectivity index is 1.98. The summed E-state index contributed by atoms with van der Waals surface area (Å²) in [5, 5.41) is 6.03. The molecule has 1 aromatic rings. The molecule has 0 saturated carbocycles. The highest BCUT2D eigenvalue weighted by Crippen LogP contribution is 2.10. The monoisotopic (exact) mass is 349 g/mol. The van der Waals surface area contributed by atoms with Gasteiger partial charge in [-0.15, -0.1) is 0 Å². The lowest BCUT2D eigenvalue weighted by Crippen LogP contribution is -2.52. The lowest BCUT2D eigenvalue weighted by molar-refractivity contribution is 0.0652. The molecule has 2 rings (SSSR count). The van der Waals surface area contributed by atoms with E-state index in [1.54, 1.807) is 17.9 Å². The molecule has 0 unspecified atom stereocenters. The molecule has 1 aliphatic rings. The predicted molar refractivity (Wildman–Crippen MR) is 72.5 cm³/mol. The third-order valence-electron chi connectivity index (χ3n) is 2.87. The average Bonchev–Trinajstić information content (AvgIpc) is 2.62. The normalized spacial score (nSPS) is 18.3. The van der Waals surface area contributed by atoms with Gasteiger partial charge in [-0.3, -0.25) is 14.9 Å². The Labute approximate surface area is 114 Å². The van der Waals surface area contributed by atoms with E-state index in [2.05, 4.69) is 45.1 Å². The van der Waals surface area contributed by atoms with Gasteiger partial charge in [0.25, 0.3) is 5.91 Å². The second-order valence-electron chi connectivity index (χ2n) is 4.20. The Hall–Kier alpha value is -0.670. The van der Waals surface area contributed by atoms with Gasteiger partial charge in [-0.05, 0) is 29.6 Å². The fraction of sp³-hybridized carbons (Fsp3) is 0.600. The van der Waals surface area contributed by atoms with Gasteiger partial charge in [-0.25, -0.2) is 5.01 Å². The number of piperazine rings is 1. The molecule has 0 atom stereocenters. The third-order valence-corrected chi connectivity index (χ3v) is 3.66. The Morgan fingerprint density at radius 2 is 2.00 bits per heavy atom. The summed E-state index contributed by atoms with van der Waals surface area (Å²) in [5.74, 6) is -0.0843. The molecule has 0 aliphatic carbocycles. The van der Waals surface area contributed by atoms with Crippen LogP contribution >= 0.6 is 22.6 Å². The molecule has 1 aliphatic heterocycles. The standard InChI is InChI=1S/C10H16IN5O/c1-14-3-5-16(6-4-14)13-10(17)9-8(11)7-12-15(9)2/h7H,3-6H2,1-2H3,(H,13,17). The van der Waals surface area contributed by atoms with Crippen molar-refractivity contribution in [3.05, 3.63) is 15.5 Å². The van der Waals surface area contributed by atoms with Crippen LogP contribution in [0.4, 0.5) is 0 Å². The molecule has 0 radical (unpaired) electrons. The highest BCUT2D eigenvalue weighted by molar-refractivity contribution is 14.1. The summed E-state index contributed by atoms with van der Waals surface area (Å²) in [5.41, 5.74) is 3.54. The highest BCUT2D eigenvalue weighted by Gasteiger charge is 2.20. The molecule has 17 heavy (non-hydrogen) atoms. The first-order valence-electron chi connectivity index (χ1n) is 5.50. The van der Waals surface area contributed by atoms with Gasteiger partial charge >= 0.3 is 0 Å². The smallest absolute Gasteiger partial charge is 0.284 e. The van der Waals surface area contributed by atoms with Crippen molar-refractivity contribution >= 4 is 28.5 Å². The van der Waals surface area contributed by atoms with Crippen molar-refractivity contribution in [1.29, 1.82) is 0 Å². The second-order valence-corrected chi connectivity index (χ2v) is 5.36. The van der Waals surface area contributed by atoms with E-state index >= 15 is 0 Å². The van der Waals surface area contributed by atoms with Crippen molar-refractivity contribution in [2.24, 2.45) is 7.05 Å². The second kappa shape index (κ2) is 5.32. The Morgan fingerprint density at radius 1 is 1.35 bits per heavy atom. The van der Waals surface area contributed by atoms with Crippen molar-refractivity contribution in [3.8, 4) is 0 Å². The van der Waals surface area contributed by atoms with Crippen molar-refractivity contribution in [1.82, 2.24) is 25.1 Å². The number of aromatic nitrogens is 2. The van der Waals surface area contributed by atoms with Gasteiger partial charge in [0, 0.05) is 33.2 Å². The minimum atomic E-state index is -0.0843. The van der Waals surface area contributed by atoms with Crippen LogP contribution in [0.1, 0.15) is 10.5 Å². The van der Waals surface area contributed by atoms with Crippen LogP contribution in [-0.2, 0) is 7.05 Å². The average molecular weight is 349 g/mol. The molecule has 1 N–H and O–H groups in total. The number of carbonyl (C=O) groups excluding carboxylic acids is 1. The molecule has 1 aromatic heterocycles. The summed E-state index contributed by atoms with van der Waals surface area (Å²) in [4.78, 5) is 14.3. The first-order chi connectivity index (χ1) is 8.08. The molecule has 1 saturated heterocycles. The molecular formula is C10H16IN5O. The fourth-order valence-corrected chi connectivity index (χ4v) is 2.50. The number of halogens is 1. The van der Waals surface area contributed by atoms with E-state index in [1.807, 2.05) is 5.01 Å². The summed E-state index contributed by atoms with van der Waals surface area (Å²) in [6.45, 7) is 3.67. The predicted octanol–water partition coefficient (Wildman–Crippen LogP) is -0.0831. The van der Waals surface area contributed by atoms with Crippen LogP contribution in [0.5, 0.6) is 0 Å². The van der Waals surface area contributed by atoms with Crippen LogP contribution in [-0.4, -0.2) is 58.8 Å². The number of hydrogen-bond donors (Lipinski definition) is 1. The van der Waals surface area contributed by atoms with Crippen LogP contribution in [0.2, 0.25) is 0 Å². The zero-order valence-corrected chi connectivity index (χ0v) is 12.1. The molecule has 0 spiro atoms. The molecular weight excluding hydrogens is 333 g/mol. The molecule has 7 heteroatoms. The molecule has 0 bridgehead atoms. The number of aryl methyl sites for hydroxylation is 1. The third kappa shape index (κ3) is 2.96. The van der Waals surface area contributed by atoms with Crippen molar-refractivity contribution < 1.29 is 4.79 Å². The maximum Gasteiger partial charge on any atom is 0.284 e. The first-order valence-corrected chi connectivity index (χ1v) is 6.58. The lowest BCUT2D eigenvalue weighted by atomic mass is 10.4. The number of carbonyl (C=O) groups is 1. The maximum absolute atomic E-state index is 12.1. The minimum Gasteiger partial charge on any atom is -0.304 e. The topological polar surface area (TPSA) is 53.4 Å². The number of nitrogens with zero attached hydrogens (tertiary/aromatic N) is 4. The maximum atomic E-state index is 12.1. The lowest BCUT2D eigenvalue weighted by Gasteiger charge is -2.32. The summed E-state index contributed by atoms with van der Waals surface area (Å²) in [6, 6.07) is 0. The van der Waals surface area contributed by atoms with Gasteiger partial charge < -0.3 is 4.90 Å². The largest absolute Gasteiger partial charge is 0.304 e. The van der Waals surface area contributed by atoms with Crippen LogP contribution in [0, 0.1) is 3.57 Å². The van der Waals surface area contributed by atoms with Crippen LogP contribution in [0.15, 0.2) is 6.20 Å². The Morgan fingerprint density at radius 3 is 2.53 bits per heavy atom. The quantitative estimate of drug-likeness (QED) is 0.759. The Bertz CT molecular complexity index is 391. The van der Waals surface area contributed by atoms with E-state index < -0.39 is 0 Å². The summed E-state index contributed by atoms with van der Waals surface area (Å²) >= 11 is 2.12. The number of nitrogens with one attached hydrogen (secondary N) is 1. The Kier molecular flexibility index (Phi) is 4.00. The van der Waals surface area contributed by atoms with E-state index in [9.17, 15) is 4.79 Å². The number of rotatable bonds is 2. The van der Waals surface area contributed by atoms with E-state index in [-0.39, 0.29) is 5.91 Å². The van der Waals surface area contributed by atoms with Crippen molar-refractivity contribution in [2.45, 2.75) is 0 Å². The van der Waals surface area contributed by atoms with Crippen LogP contribution in [0.25, 0.3) is 0 Å². The van der Waals surface area contributed by atoms with E-state index in [1.165, 1.54) is 0 Å². The van der Waals surface area contributed by atoms with Gasteiger partial charge in [0.2, 0.25) is 0 Å². The van der Waals surface area contributed by atoms with E-state index in [4.69, 9.17) is 0 Å². The molecule has 94 valence electrons. The van der Waals surface area contributed by atoms with Gasteiger partial charge in [0.1, 0.15) is 5.69 Å². The molecule has 0 aromatic carbocycles. The highest BCUT2D eigenvalue weighted by atomic mass is 127. The number of likely N-dealkylation sites (N-methyl/N-ethyl adjacent to an activating group) is 1. The molecule has 2 heterocycles. The zero-order chi connectivity index (χ0) is 12.4. The minimum absolute atomic E-state index is 0.0843. The van der Waals surface area contributed by atoms with Gasteiger partial charge in [-0.1, -0.05) is 0 Å². The molecule has 1 amide bonds. The summed E-state index contributed by atoms with van der Waals surface area (Å²) in [6.07, 6.45) is 1.69. The van der Waals surface area contributed by atoms with Crippen molar-refractivity contribution in [3.63, 3.8) is 0 Å². The van der Waals surface area contributed by atoms with E-state index in [0.29, 0.717) is 5.69 Å². The SMILES string of the molecule is CN1CCN(NC(=O)c2c(I)cnn2C)CC1. The van der Waals surface area contributed by atoms with Gasteiger partial charge in [0.05, 0.1) is 9.77 Å².